The summed E-state index contributed by atoms with van der Waals surface area (Å²) in [4.78, 5) is 4.76. The van der Waals surface area contributed by atoms with Gasteiger partial charge in [-0.15, -0.1) is 0 Å². The Morgan fingerprint density at radius 1 is 1.21 bits per heavy atom. The smallest absolute Gasteiger partial charge is 0.123 e. The molecule has 19 heavy (non-hydrogen) atoms. The molecular weight excluding hydrogens is 241 g/mol. The Morgan fingerprint density at radius 3 is 2.53 bits per heavy atom. The summed E-state index contributed by atoms with van der Waals surface area (Å²) in [6.45, 7) is 6.03. The zero-order valence-electron chi connectivity index (χ0n) is 11.8. The Bertz CT molecular complexity index is 393. The largest absolute Gasteiger partial charge is 0.370 e. The van der Waals surface area contributed by atoms with Crippen LogP contribution in [-0.4, -0.2) is 44.2 Å². The van der Waals surface area contributed by atoms with Crippen molar-refractivity contribution in [1.29, 1.82) is 0 Å². The van der Waals surface area contributed by atoms with Gasteiger partial charge in [0.2, 0.25) is 0 Å². The van der Waals surface area contributed by atoms with E-state index >= 15 is 0 Å². The summed E-state index contributed by atoms with van der Waals surface area (Å²) < 4.78 is 13.0. The van der Waals surface area contributed by atoms with E-state index in [2.05, 4.69) is 23.8 Å². The molecule has 0 amide bonds. The number of nitrogens with two attached hydrogens (primary N) is 1. The lowest BCUT2D eigenvalue weighted by Gasteiger charge is -2.29. The van der Waals surface area contributed by atoms with Crippen LogP contribution in [0.2, 0.25) is 0 Å². The second-order valence-electron chi connectivity index (χ2n) is 5.66. The fourth-order valence-electron chi connectivity index (χ4n) is 2.91. The van der Waals surface area contributed by atoms with Crippen molar-refractivity contribution in [3.63, 3.8) is 0 Å². The van der Waals surface area contributed by atoms with E-state index in [-0.39, 0.29) is 5.82 Å². The highest BCUT2D eigenvalue weighted by Gasteiger charge is 2.25. The van der Waals surface area contributed by atoms with Crippen molar-refractivity contribution in [1.82, 2.24) is 4.90 Å². The van der Waals surface area contributed by atoms with E-state index < -0.39 is 0 Å². The Labute approximate surface area is 115 Å². The fourth-order valence-corrected chi connectivity index (χ4v) is 2.91. The lowest BCUT2D eigenvalue weighted by molar-refractivity contribution is 0.231. The van der Waals surface area contributed by atoms with Gasteiger partial charge >= 0.3 is 0 Å². The van der Waals surface area contributed by atoms with Crippen LogP contribution in [0.3, 0.4) is 0 Å². The van der Waals surface area contributed by atoms with Gasteiger partial charge in [-0.25, -0.2) is 4.39 Å². The first-order valence-corrected chi connectivity index (χ1v) is 7.01. The van der Waals surface area contributed by atoms with Crippen molar-refractivity contribution in [2.45, 2.75) is 19.4 Å². The van der Waals surface area contributed by atoms with Gasteiger partial charge in [0.25, 0.3) is 0 Å². The summed E-state index contributed by atoms with van der Waals surface area (Å²) in [5, 5.41) is 0. The Balaban J connectivity index is 2.16. The van der Waals surface area contributed by atoms with Gasteiger partial charge in [-0.05, 0) is 50.2 Å². The number of rotatable bonds is 3. The minimum atomic E-state index is -0.178. The molecule has 0 saturated carbocycles. The predicted molar refractivity (Wildman–Crippen MR) is 77.9 cm³/mol. The number of benzene rings is 1. The molecule has 0 bridgehead atoms. The third kappa shape index (κ3) is 3.67. The first kappa shape index (κ1) is 14.3. The van der Waals surface area contributed by atoms with Crippen LogP contribution < -0.4 is 10.6 Å². The summed E-state index contributed by atoms with van der Waals surface area (Å²) in [5.74, 6) is 0.417. The molecule has 0 aliphatic carbocycles. The number of halogens is 1. The first-order chi connectivity index (χ1) is 9.10. The summed E-state index contributed by atoms with van der Waals surface area (Å²) in [7, 11) is 2.17. The van der Waals surface area contributed by atoms with E-state index in [0.29, 0.717) is 18.5 Å². The zero-order valence-corrected chi connectivity index (χ0v) is 11.8. The van der Waals surface area contributed by atoms with Crippen LogP contribution >= 0.6 is 0 Å². The van der Waals surface area contributed by atoms with Gasteiger partial charge in [0.05, 0.1) is 0 Å². The molecule has 0 spiro atoms. The quantitative estimate of drug-likeness (QED) is 0.906. The zero-order chi connectivity index (χ0) is 13.8. The van der Waals surface area contributed by atoms with Crippen LogP contribution in [0.1, 0.15) is 13.3 Å². The van der Waals surface area contributed by atoms with E-state index in [0.717, 1.165) is 31.7 Å². The van der Waals surface area contributed by atoms with Crippen molar-refractivity contribution in [3.05, 3.63) is 30.1 Å². The number of likely N-dealkylation sites (N-methyl/N-ethyl adjacent to an activating group) is 1. The molecule has 2 unspecified atom stereocenters. The van der Waals surface area contributed by atoms with E-state index in [1.165, 1.54) is 12.1 Å². The van der Waals surface area contributed by atoms with E-state index in [9.17, 15) is 4.39 Å². The SMILES string of the molecule is CC1CN(c2ccc(F)cc2)CC(CCN)N(C)C1. The molecule has 3 nitrogen and oxygen atoms in total. The Kier molecular flexibility index (Phi) is 4.77. The summed E-state index contributed by atoms with van der Waals surface area (Å²) in [6.07, 6.45) is 1.00. The lowest BCUT2D eigenvalue weighted by atomic mass is 10.1. The van der Waals surface area contributed by atoms with Crippen molar-refractivity contribution < 1.29 is 4.39 Å². The van der Waals surface area contributed by atoms with Crippen LogP contribution in [0.5, 0.6) is 0 Å². The second-order valence-corrected chi connectivity index (χ2v) is 5.66. The predicted octanol–water partition coefficient (Wildman–Crippen LogP) is 1.93. The second kappa shape index (κ2) is 6.35. The minimum Gasteiger partial charge on any atom is -0.370 e. The maximum absolute atomic E-state index is 13.0. The van der Waals surface area contributed by atoms with E-state index in [4.69, 9.17) is 5.73 Å². The van der Waals surface area contributed by atoms with Gasteiger partial charge in [0.1, 0.15) is 5.82 Å². The highest BCUT2D eigenvalue weighted by atomic mass is 19.1. The van der Waals surface area contributed by atoms with Gasteiger partial charge in [0, 0.05) is 31.4 Å². The third-order valence-electron chi connectivity index (χ3n) is 3.88. The summed E-state index contributed by atoms with van der Waals surface area (Å²) in [5.41, 5.74) is 6.82. The monoisotopic (exact) mass is 265 g/mol. The van der Waals surface area contributed by atoms with Crippen molar-refractivity contribution in [2.75, 3.05) is 38.1 Å². The molecule has 1 aromatic rings. The molecule has 1 aromatic carbocycles. The average Bonchev–Trinajstić information content (AvgIpc) is 2.50. The lowest BCUT2D eigenvalue weighted by Crippen LogP contribution is -2.40. The minimum absolute atomic E-state index is 0.178. The maximum Gasteiger partial charge on any atom is 0.123 e. The van der Waals surface area contributed by atoms with E-state index in [1.807, 2.05) is 12.1 Å². The molecule has 2 N–H and O–H groups in total. The van der Waals surface area contributed by atoms with Crippen LogP contribution in [0.15, 0.2) is 24.3 Å². The number of hydrogen-bond donors (Lipinski definition) is 1. The molecule has 1 saturated heterocycles. The van der Waals surface area contributed by atoms with Crippen molar-refractivity contribution in [2.24, 2.45) is 11.7 Å². The molecule has 106 valence electrons. The van der Waals surface area contributed by atoms with Crippen molar-refractivity contribution in [3.8, 4) is 0 Å². The van der Waals surface area contributed by atoms with Gasteiger partial charge < -0.3 is 15.5 Å². The molecule has 2 rings (SSSR count). The van der Waals surface area contributed by atoms with Crippen LogP contribution in [0, 0.1) is 11.7 Å². The molecule has 1 aliphatic rings. The average molecular weight is 265 g/mol. The van der Waals surface area contributed by atoms with Gasteiger partial charge in [-0.1, -0.05) is 6.92 Å². The molecule has 0 aromatic heterocycles. The number of hydrogen-bond acceptors (Lipinski definition) is 3. The maximum atomic E-state index is 13.0. The molecule has 1 fully saturated rings. The molecule has 1 heterocycles. The van der Waals surface area contributed by atoms with Crippen LogP contribution in [0.4, 0.5) is 10.1 Å². The summed E-state index contributed by atoms with van der Waals surface area (Å²) >= 11 is 0. The third-order valence-corrected chi connectivity index (χ3v) is 3.88. The molecule has 4 heteroatoms. The first-order valence-electron chi connectivity index (χ1n) is 7.01. The van der Waals surface area contributed by atoms with Crippen LogP contribution in [-0.2, 0) is 0 Å². The van der Waals surface area contributed by atoms with E-state index in [1.54, 1.807) is 0 Å². The van der Waals surface area contributed by atoms with Gasteiger partial charge in [-0.3, -0.25) is 0 Å². The van der Waals surface area contributed by atoms with Gasteiger partial charge in [0.15, 0.2) is 0 Å². The molecule has 2 atom stereocenters. The number of nitrogens with zero attached hydrogens (tertiary/aromatic N) is 2. The Hall–Kier alpha value is -1.13. The fraction of sp³-hybridized carbons (Fsp3) is 0.600. The molecular formula is C15H24FN3. The highest BCUT2D eigenvalue weighted by Crippen LogP contribution is 2.22. The molecule has 0 radical (unpaired) electrons. The van der Waals surface area contributed by atoms with Gasteiger partial charge in [-0.2, -0.15) is 0 Å². The topological polar surface area (TPSA) is 32.5 Å². The summed E-state index contributed by atoms with van der Waals surface area (Å²) in [6, 6.07) is 7.28. The van der Waals surface area contributed by atoms with Crippen LogP contribution in [0.25, 0.3) is 0 Å². The normalized spacial score (nSPS) is 25.4. The Morgan fingerprint density at radius 2 is 1.89 bits per heavy atom. The highest BCUT2D eigenvalue weighted by molar-refractivity contribution is 5.46. The molecule has 1 aliphatic heterocycles. The van der Waals surface area contributed by atoms with Crippen molar-refractivity contribution >= 4 is 5.69 Å². The number of anilines is 1. The standard InChI is InChI=1S/C15H24FN3/c1-12-9-18(2)15(7-8-17)11-19(10-12)14-5-3-13(16)4-6-14/h3-6,12,15H,7-11,17H2,1-2H3.